The van der Waals surface area contributed by atoms with E-state index in [1.807, 2.05) is 37.3 Å². The van der Waals surface area contributed by atoms with E-state index in [0.29, 0.717) is 23.5 Å². The summed E-state index contributed by atoms with van der Waals surface area (Å²) in [4.78, 5) is 12.4. The lowest BCUT2D eigenvalue weighted by Gasteiger charge is -2.04. The van der Waals surface area contributed by atoms with Crippen molar-refractivity contribution >= 4 is 38.5 Å². The largest absolute Gasteiger partial charge is 0.451 e. The number of carbonyl (C=O) groups excluding carboxylic acids is 1. The van der Waals surface area contributed by atoms with Crippen molar-refractivity contribution in [1.29, 1.82) is 5.26 Å². The van der Waals surface area contributed by atoms with Gasteiger partial charge in [-0.15, -0.1) is 0 Å². The SMILES string of the molecule is Cc1c(C(=O)Nc2ccc(CC#N)cc2)oc2ccc(Br)cc12. The van der Waals surface area contributed by atoms with Crippen molar-refractivity contribution in [1.82, 2.24) is 0 Å². The number of nitriles is 1. The van der Waals surface area contributed by atoms with Crippen LogP contribution in [0.1, 0.15) is 21.7 Å². The van der Waals surface area contributed by atoms with E-state index in [9.17, 15) is 4.79 Å². The molecule has 0 spiro atoms. The molecule has 3 aromatic rings. The number of rotatable bonds is 3. The van der Waals surface area contributed by atoms with Gasteiger partial charge >= 0.3 is 0 Å². The first-order valence-electron chi connectivity index (χ1n) is 7.04. The maximum atomic E-state index is 12.4. The Morgan fingerprint density at radius 3 is 2.70 bits per heavy atom. The predicted octanol–water partition coefficient (Wildman–Crippen LogP) is 4.82. The molecule has 0 saturated heterocycles. The fraction of sp³-hybridized carbons (Fsp3) is 0.111. The molecule has 0 aliphatic carbocycles. The molecular formula is C18H13BrN2O2. The van der Waals surface area contributed by atoms with E-state index >= 15 is 0 Å². The van der Waals surface area contributed by atoms with Gasteiger partial charge in [0.1, 0.15) is 5.58 Å². The molecule has 0 bridgehead atoms. The summed E-state index contributed by atoms with van der Waals surface area (Å²) in [5.41, 5.74) is 3.06. The molecule has 114 valence electrons. The van der Waals surface area contributed by atoms with E-state index in [0.717, 1.165) is 21.0 Å². The minimum atomic E-state index is -0.289. The number of hydrogen-bond donors (Lipinski definition) is 1. The van der Waals surface area contributed by atoms with Gasteiger partial charge in [0.2, 0.25) is 0 Å². The zero-order valence-corrected chi connectivity index (χ0v) is 14.0. The van der Waals surface area contributed by atoms with Crippen molar-refractivity contribution in [2.45, 2.75) is 13.3 Å². The summed E-state index contributed by atoms with van der Waals surface area (Å²) in [6.07, 6.45) is 0.353. The summed E-state index contributed by atoms with van der Waals surface area (Å²) in [5.74, 6) is 0.0158. The number of nitrogens with one attached hydrogen (secondary N) is 1. The Balaban J connectivity index is 1.86. The monoisotopic (exact) mass is 368 g/mol. The lowest BCUT2D eigenvalue weighted by Crippen LogP contribution is -2.12. The number of furan rings is 1. The first kappa shape index (κ1) is 15.3. The molecule has 5 heteroatoms. The predicted molar refractivity (Wildman–Crippen MR) is 92.4 cm³/mol. The number of fused-ring (bicyclic) bond motifs is 1. The summed E-state index contributed by atoms with van der Waals surface area (Å²) in [6.45, 7) is 1.86. The zero-order chi connectivity index (χ0) is 16.4. The number of anilines is 1. The molecule has 0 atom stereocenters. The van der Waals surface area contributed by atoms with Gasteiger partial charge in [0.25, 0.3) is 5.91 Å². The summed E-state index contributed by atoms with van der Waals surface area (Å²) in [5, 5.41) is 12.4. The quantitative estimate of drug-likeness (QED) is 0.720. The fourth-order valence-corrected chi connectivity index (χ4v) is 2.76. The smallest absolute Gasteiger partial charge is 0.291 e. The molecule has 0 radical (unpaired) electrons. The average molecular weight is 369 g/mol. The highest BCUT2D eigenvalue weighted by molar-refractivity contribution is 9.10. The minimum absolute atomic E-state index is 0.289. The van der Waals surface area contributed by atoms with Crippen LogP contribution in [0.5, 0.6) is 0 Å². The van der Waals surface area contributed by atoms with E-state index in [4.69, 9.17) is 9.68 Å². The Morgan fingerprint density at radius 1 is 1.26 bits per heavy atom. The standard InChI is InChI=1S/C18H13BrN2O2/c1-11-15-10-13(19)4-7-16(15)23-17(11)18(22)21-14-5-2-12(3-6-14)8-9-20/h2-7,10H,8H2,1H3,(H,21,22). The number of benzene rings is 2. The topological polar surface area (TPSA) is 66.0 Å². The number of carbonyl (C=O) groups is 1. The van der Waals surface area contributed by atoms with E-state index < -0.39 is 0 Å². The van der Waals surface area contributed by atoms with Crippen molar-refractivity contribution in [3.63, 3.8) is 0 Å². The Kier molecular flexibility index (Phi) is 4.18. The second kappa shape index (κ2) is 6.27. The van der Waals surface area contributed by atoms with Crippen molar-refractivity contribution < 1.29 is 9.21 Å². The van der Waals surface area contributed by atoms with E-state index in [-0.39, 0.29) is 5.91 Å². The Bertz CT molecular complexity index is 921. The van der Waals surface area contributed by atoms with Crippen LogP contribution in [0, 0.1) is 18.3 Å². The zero-order valence-electron chi connectivity index (χ0n) is 12.4. The molecule has 2 aromatic carbocycles. The van der Waals surface area contributed by atoms with Crippen LogP contribution < -0.4 is 5.32 Å². The van der Waals surface area contributed by atoms with Gasteiger partial charge < -0.3 is 9.73 Å². The lowest BCUT2D eigenvalue weighted by molar-refractivity contribution is 0.0998. The molecule has 1 aromatic heterocycles. The van der Waals surface area contributed by atoms with Crippen LogP contribution in [0.3, 0.4) is 0 Å². The van der Waals surface area contributed by atoms with Crippen LogP contribution in [-0.2, 0) is 6.42 Å². The van der Waals surface area contributed by atoms with Crippen LogP contribution in [0.4, 0.5) is 5.69 Å². The maximum absolute atomic E-state index is 12.4. The fourth-order valence-electron chi connectivity index (χ4n) is 2.39. The molecule has 1 amide bonds. The highest BCUT2D eigenvalue weighted by Crippen LogP contribution is 2.28. The number of aryl methyl sites for hydroxylation is 1. The first-order chi connectivity index (χ1) is 11.1. The van der Waals surface area contributed by atoms with Crippen molar-refractivity contribution in [2.24, 2.45) is 0 Å². The van der Waals surface area contributed by atoms with Crippen LogP contribution >= 0.6 is 15.9 Å². The van der Waals surface area contributed by atoms with Gasteiger partial charge in [-0.25, -0.2) is 0 Å². The van der Waals surface area contributed by atoms with Crippen LogP contribution in [-0.4, -0.2) is 5.91 Å². The third-order valence-electron chi connectivity index (χ3n) is 3.60. The number of halogens is 1. The Labute approximate surface area is 141 Å². The Hall–Kier alpha value is -2.58. The number of nitrogens with zero attached hydrogens (tertiary/aromatic N) is 1. The number of hydrogen-bond acceptors (Lipinski definition) is 3. The highest BCUT2D eigenvalue weighted by atomic mass is 79.9. The third kappa shape index (κ3) is 3.13. The van der Waals surface area contributed by atoms with Crippen LogP contribution in [0.2, 0.25) is 0 Å². The molecule has 0 aliphatic rings. The molecular weight excluding hydrogens is 356 g/mol. The van der Waals surface area contributed by atoms with Gasteiger partial charge in [-0.2, -0.15) is 5.26 Å². The lowest BCUT2D eigenvalue weighted by atomic mass is 10.1. The Morgan fingerprint density at radius 2 is 2.00 bits per heavy atom. The van der Waals surface area contributed by atoms with Crippen LogP contribution in [0.25, 0.3) is 11.0 Å². The normalized spacial score (nSPS) is 10.5. The van der Waals surface area contributed by atoms with Gasteiger partial charge in [-0.1, -0.05) is 28.1 Å². The molecule has 0 saturated carbocycles. The van der Waals surface area contributed by atoms with Crippen molar-refractivity contribution in [3.8, 4) is 6.07 Å². The molecule has 3 rings (SSSR count). The molecule has 23 heavy (non-hydrogen) atoms. The molecule has 0 fully saturated rings. The minimum Gasteiger partial charge on any atom is -0.451 e. The van der Waals surface area contributed by atoms with Crippen molar-refractivity contribution in [3.05, 3.63) is 63.8 Å². The summed E-state index contributed by atoms with van der Waals surface area (Å²) >= 11 is 3.42. The average Bonchev–Trinajstić information content (AvgIpc) is 2.86. The van der Waals surface area contributed by atoms with E-state index in [1.165, 1.54) is 0 Å². The summed E-state index contributed by atoms with van der Waals surface area (Å²) in [7, 11) is 0. The molecule has 0 aliphatic heterocycles. The van der Waals surface area contributed by atoms with Gasteiger partial charge in [0.05, 0.1) is 12.5 Å². The van der Waals surface area contributed by atoms with E-state index in [2.05, 4.69) is 27.3 Å². The third-order valence-corrected chi connectivity index (χ3v) is 4.09. The van der Waals surface area contributed by atoms with Gasteiger partial charge in [-0.3, -0.25) is 4.79 Å². The second-order valence-electron chi connectivity index (χ2n) is 5.18. The number of amides is 1. The molecule has 4 nitrogen and oxygen atoms in total. The molecule has 1 N–H and O–H groups in total. The second-order valence-corrected chi connectivity index (χ2v) is 6.10. The first-order valence-corrected chi connectivity index (χ1v) is 7.83. The molecule has 0 unspecified atom stereocenters. The van der Waals surface area contributed by atoms with Crippen molar-refractivity contribution in [2.75, 3.05) is 5.32 Å². The summed E-state index contributed by atoms with van der Waals surface area (Å²) < 4.78 is 6.61. The van der Waals surface area contributed by atoms with Gasteiger partial charge in [0.15, 0.2) is 5.76 Å². The van der Waals surface area contributed by atoms with Gasteiger partial charge in [0, 0.05) is 21.1 Å². The van der Waals surface area contributed by atoms with Gasteiger partial charge in [-0.05, 0) is 42.8 Å². The molecule has 1 heterocycles. The maximum Gasteiger partial charge on any atom is 0.291 e. The van der Waals surface area contributed by atoms with Crippen LogP contribution in [0.15, 0.2) is 51.4 Å². The summed E-state index contributed by atoms with van der Waals surface area (Å²) in [6, 6.07) is 14.9. The highest BCUT2D eigenvalue weighted by Gasteiger charge is 2.17. The van der Waals surface area contributed by atoms with E-state index in [1.54, 1.807) is 12.1 Å².